The number of hydrogen-bond donors (Lipinski definition) is 2. The summed E-state index contributed by atoms with van der Waals surface area (Å²) in [5.41, 5.74) is 2.48. The molecule has 0 spiro atoms. The summed E-state index contributed by atoms with van der Waals surface area (Å²) in [5, 5.41) is 14.5. The molecule has 3 heterocycles. The van der Waals surface area contributed by atoms with Crippen molar-refractivity contribution in [3.8, 4) is 0 Å². The molecule has 2 aromatic rings. The standard InChI is InChI=1S/C18H28N6S2/c1-19-17(20-10-16-13-26-18(22-16)23(2)3)21-15-4-7-24(8-5-15)11-14-6-9-25-12-14/h6,9,12-13,15H,4-5,7-8,10-11H2,1-3H3,(H2,19,20,21). The SMILES string of the molecule is CN=C(NCc1csc(N(C)C)n1)NC1CCN(Cc2ccsc2)CC1. The van der Waals surface area contributed by atoms with Crippen LogP contribution in [0.1, 0.15) is 24.1 Å². The van der Waals surface area contributed by atoms with Gasteiger partial charge in [-0.3, -0.25) is 9.89 Å². The van der Waals surface area contributed by atoms with E-state index in [1.165, 1.54) is 5.56 Å². The molecule has 1 aliphatic heterocycles. The van der Waals surface area contributed by atoms with Crippen molar-refractivity contribution in [2.45, 2.75) is 32.0 Å². The topological polar surface area (TPSA) is 55.8 Å². The minimum absolute atomic E-state index is 0.479. The van der Waals surface area contributed by atoms with Gasteiger partial charge >= 0.3 is 0 Å². The van der Waals surface area contributed by atoms with E-state index < -0.39 is 0 Å². The van der Waals surface area contributed by atoms with E-state index in [0.29, 0.717) is 12.6 Å². The van der Waals surface area contributed by atoms with Crippen LogP contribution in [0.2, 0.25) is 0 Å². The van der Waals surface area contributed by atoms with E-state index in [9.17, 15) is 0 Å². The second-order valence-corrected chi connectivity index (χ2v) is 8.38. The van der Waals surface area contributed by atoms with Crippen molar-refractivity contribution < 1.29 is 0 Å². The fourth-order valence-electron chi connectivity index (χ4n) is 3.02. The summed E-state index contributed by atoms with van der Waals surface area (Å²) in [4.78, 5) is 13.5. The molecular weight excluding hydrogens is 364 g/mol. The van der Waals surface area contributed by atoms with Crippen molar-refractivity contribution in [1.82, 2.24) is 20.5 Å². The van der Waals surface area contributed by atoms with E-state index in [4.69, 9.17) is 0 Å². The van der Waals surface area contributed by atoms with E-state index in [2.05, 4.69) is 47.7 Å². The van der Waals surface area contributed by atoms with Crippen LogP contribution < -0.4 is 15.5 Å². The molecule has 2 aromatic heterocycles. The molecule has 26 heavy (non-hydrogen) atoms. The van der Waals surface area contributed by atoms with E-state index in [-0.39, 0.29) is 0 Å². The first-order valence-electron chi connectivity index (χ1n) is 8.96. The Morgan fingerprint density at radius 3 is 2.77 bits per heavy atom. The van der Waals surface area contributed by atoms with E-state index >= 15 is 0 Å². The number of piperidine rings is 1. The van der Waals surface area contributed by atoms with Gasteiger partial charge in [0.2, 0.25) is 0 Å². The smallest absolute Gasteiger partial charge is 0.191 e. The second kappa shape index (κ2) is 9.34. The summed E-state index contributed by atoms with van der Waals surface area (Å²) in [6, 6.07) is 2.70. The van der Waals surface area contributed by atoms with Crippen LogP contribution in [-0.4, -0.2) is 56.1 Å². The molecule has 8 heteroatoms. The maximum atomic E-state index is 4.60. The molecule has 3 rings (SSSR count). The first kappa shape index (κ1) is 19.1. The quantitative estimate of drug-likeness (QED) is 0.585. The average molecular weight is 393 g/mol. The van der Waals surface area contributed by atoms with Gasteiger partial charge in [0.05, 0.1) is 12.2 Å². The normalized spacial score (nSPS) is 16.7. The molecule has 0 aliphatic carbocycles. The van der Waals surface area contributed by atoms with Crippen LogP contribution in [0.15, 0.2) is 27.2 Å². The lowest BCUT2D eigenvalue weighted by Crippen LogP contribution is -2.48. The van der Waals surface area contributed by atoms with Crippen molar-refractivity contribution >= 4 is 33.8 Å². The lowest BCUT2D eigenvalue weighted by Gasteiger charge is -2.32. The van der Waals surface area contributed by atoms with Crippen molar-refractivity contribution in [2.75, 3.05) is 39.1 Å². The van der Waals surface area contributed by atoms with Crippen molar-refractivity contribution in [3.05, 3.63) is 33.5 Å². The number of rotatable bonds is 6. The van der Waals surface area contributed by atoms with Crippen molar-refractivity contribution in [3.63, 3.8) is 0 Å². The van der Waals surface area contributed by atoms with Crippen LogP contribution in [0, 0.1) is 0 Å². The molecule has 0 unspecified atom stereocenters. The summed E-state index contributed by atoms with van der Waals surface area (Å²) in [6.45, 7) is 4.02. The molecule has 1 saturated heterocycles. The molecule has 6 nitrogen and oxygen atoms in total. The predicted molar refractivity (Wildman–Crippen MR) is 112 cm³/mol. The largest absolute Gasteiger partial charge is 0.354 e. The molecule has 142 valence electrons. The van der Waals surface area contributed by atoms with Crippen LogP contribution in [0.3, 0.4) is 0 Å². The van der Waals surface area contributed by atoms with Gasteiger partial charge in [0.25, 0.3) is 0 Å². The third kappa shape index (κ3) is 5.43. The minimum Gasteiger partial charge on any atom is -0.354 e. The summed E-state index contributed by atoms with van der Waals surface area (Å²) in [7, 11) is 5.86. The molecule has 1 aliphatic rings. The van der Waals surface area contributed by atoms with E-state index in [1.807, 2.05) is 26.0 Å². The lowest BCUT2D eigenvalue weighted by molar-refractivity contribution is 0.198. The summed E-state index contributed by atoms with van der Waals surface area (Å²) in [6.07, 6.45) is 2.29. The molecule has 0 saturated carbocycles. The van der Waals surface area contributed by atoms with Crippen LogP contribution in [0.5, 0.6) is 0 Å². The Morgan fingerprint density at radius 1 is 1.35 bits per heavy atom. The molecule has 0 aromatic carbocycles. The average Bonchev–Trinajstić information content (AvgIpc) is 3.32. The highest BCUT2D eigenvalue weighted by Crippen LogP contribution is 2.18. The third-order valence-electron chi connectivity index (χ3n) is 4.50. The highest BCUT2D eigenvalue weighted by atomic mass is 32.1. The summed E-state index contributed by atoms with van der Waals surface area (Å²) in [5.74, 6) is 0.862. The molecule has 1 fully saturated rings. The van der Waals surface area contributed by atoms with Gasteiger partial charge in [-0.15, -0.1) is 11.3 Å². The fourth-order valence-corrected chi connectivity index (χ4v) is 4.44. The molecule has 0 bridgehead atoms. The number of hydrogen-bond acceptors (Lipinski definition) is 6. The Hall–Kier alpha value is -1.64. The maximum absolute atomic E-state index is 4.60. The van der Waals surface area contributed by atoms with Gasteiger partial charge in [-0.1, -0.05) is 0 Å². The zero-order valence-corrected chi connectivity index (χ0v) is 17.4. The van der Waals surface area contributed by atoms with Crippen LogP contribution in [0.25, 0.3) is 0 Å². The monoisotopic (exact) mass is 392 g/mol. The number of thiazole rings is 1. The third-order valence-corrected chi connectivity index (χ3v) is 6.29. The van der Waals surface area contributed by atoms with Crippen LogP contribution in [0.4, 0.5) is 5.13 Å². The number of nitrogens with one attached hydrogen (secondary N) is 2. The lowest BCUT2D eigenvalue weighted by atomic mass is 10.0. The number of thiophene rings is 1. The second-order valence-electron chi connectivity index (χ2n) is 6.77. The van der Waals surface area contributed by atoms with Gasteiger partial charge in [-0.2, -0.15) is 11.3 Å². The highest BCUT2D eigenvalue weighted by molar-refractivity contribution is 7.13. The predicted octanol–water partition coefficient (Wildman–Crippen LogP) is 2.60. The molecule has 2 N–H and O–H groups in total. The molecule has 0 radical (unpaired) electrons. The molecule has 0 amide bonds. The van der Waals surface area contributed by atoms with Crippen molar-refractivity contribution in [2.24, 2.45) is 4.99 Å². The van der Waals surface area contributed by atoms with Gasteiger partial charge in [0.1, 0.15) is 0 Å². The zero-order chi connectivity index (χ0) is 18.4. The van der Waals surface area contributed by atoms with Gasteiger partial charge < -0.3 is 15.5 Å². The number of aromatic nitrogens is 1. The highest BCUT2D eigenvalue weighted by Gasteiger charge is 2.20. The Morgan fingerprint density at radius 2 is 2.15 bits per heavy atom. The Balaban J connectivity index is 1.41. The van der Waals surface area contributed by atoms with E-state index in [0.717, 1.165) is 49.3 Å². The van der Waals surface area contributed by atoms with Gasteiger partial charge in [-0.05, 0) is 35.2 Å². The number of aliphatic imine (C=N–C) groups is 1. The number of likely N-dealkylation sites (tertiary alicyclic amines) is 1. The van der Waals surface area contributed by atoms with E-state index in [1.54, 1.807) is 22.7 Å². The van der Waals surface area contributed by atoms with Crippen LogP contribution >= 0.6 is 22.7 Å². The van der Waals surface area contributed by atoms with Crippen molar-refractivity contribution in [1.29, 1.82) is 0 Å². The number of anilines is 1. The van der Waals surface area contributed by atoms with Gasteiger partial charge in [0, 0.05) is 52.2 Å². The summed E-state index contributed by atoms with van der Waals surface area (Å²) >= 11 is 3.44. The number of guanidine groups is 1. The zero-order valence-electron chi connectivity index (χ0n) is 15.7. The summed E-state index contributed by atoms with van der Waals surface area (Å²) < 4.78 is 0. The molecule has 0 atom stereocenters. The Bertz CT molecular complexity index is 686. The Labute approximate surface area is 164 Å². The molecular formula is C18H28N6S2. The number of nitrogens with zero attached hydrogens (tertiary/aromatic N) is 4. The first-order chi connectivity index (χ1) is 12.6. The maximum Gasteiger partial charge on any atom is 0.191 e. The Kier molecular flexibility index (Phi) is 6.87. The fraction of sp³-hybridized carbons (Fsp3) is 0.556. The minimum atomic E-state index is 0.479. The van der Waals surface area contributed by atoms with Gasteiger partial charge in [0.15, 0.2) is 11.1 Å². The van der Waals surface area contributed by atoms with Gasteiger partial charge in [-0.25, -0.2) is 4.98 Å². The first-order valence-corrected chi connectivity index (χ1v) is 10.8. The van der Waals surface area contributed by atoms with Crippen LogP contribution in [-0.2, 0) is 13.1 Å².